The Kier molecular flexibility index (Phi) is 6.40. The fourth-order valence-corrected chi connectivity index (χ4v) is 3.31. The number of aliphatic carboxylic acids is 1. The molecule has 0 aliphatic carbocycles. The van der Waals surface area contributed by atoms with Crippen molar-refractivity contribution in [1.29, 1.82) is 0 Å². The number of likely N-dealkylation sites (tertiary alicyclic amines) is 1. The molecule has 0 radical (unpaired) electrons. The minimum atomic E-state index is -0.695. The van der Waals surface area contributed by atoms with Crippen molar-refractivity contribution in [3.05, 3.63) is 35.9 Å². The Labute approximate surface area is 133 Å². The Morgan fingerprint density at radius 2 is 2.09 bits per heavy atom. The molecule has 0 spiro atoms. The molecule has 1 aromatic carbocycles. The molecule has 0 bridgehead atoms. The number of carbonyl (C=O) groups is 1. The minimum Gasteiger partial charge on any atom is -0.481 e. The summed E-state index contributed by atoms with van der Waals surface area (Å²) in [4.78, 5) is 15.5. The van der Waals surface area contributed by atoms with Crippen LogP contribution in [-0.4, -0.2) is 53.1 Å². The Hall–Kier alpha value is -1.39. The van der Waals surface area contributed by atoms with Crippen molar-refractivity contribution in [2.45, 2.75) is 51.2 Å². The Bertz CT molecular complexity index is 463. The first kappa shape index (κ1) is 17.0. The quantitative estimate of drug-likeness (QED) is 0.841. The number of nitrogens with zero attached hydrogens (tertiary/aromatic N) is 2. The van der Waals surface area contributed by atoms with Gasteiger partial charge in [0.05, 0.1) is 0 Å². The third kappa shape index (κ3) is 5.11. The van der Waals surface area contributed by atoms with Crippen LogP contribution in [0.3, 0.4) is 0 Å². The van der Waals surface area contributed by atoms with Gasteiger partial charge in [0, 0.05) is 31.6 Å². The molecule has 1 aliphatic rings. The Morgan fingerprint density at radius 1 is 1.36 bits per heavy atom. The van der Waals surface area contributed by atoms with Gasteiger partial charge in [0.2, 0.25) is 0 Å². The van der Waals surface area contributed by atoms with E-state index in [4.69, 9.17) is 5.11 Å². The molecule has 4 nitrogen and oxygen atoms in total. The van der Waals surface area contributed by atoms with Gasteiger partial charge in [-0.2, -0.15) is 0 Å². The predicted molar refractivity (Wildman–Crippen MR) is 88.8 cm³/mol. The molecule has 122 valence electrons. The molecule has 1 fully saturated rings. The highest BCUT2D eigenvalue weighted by atomic mass is 16.4. The van der Waals surface area contributed by atoms with E-state index in [9.17, 15) is 4.79 Å². The van der Waals surface area contributed by atoms with Crippen molar-refractivity contribution in [2.24, 2.45) is 0 Å². The normalized spacial score (nSPS) is 22.9. The lowest BCUT2D eigenvalue weighted by molar-refractivity contribution is -0.137. The van der Waals surface area contributed by atoms with Gasteiger partial charge >= 0.3 is 5.97 Å². The van der Waals surface area contributed by atoms with Gasteiger partial charge in [0.25, 0.3) is 0 Å². The van der Waals surface area contributed by atoms with E-state index >= 15 is 0 Å². The number of piperidine rings is 1. The van der Waals surface area contributed by atoms with Crippen molar-refractivity contribution in [3.8, 4) is 0 Å². The van der Waals surface area contributed by atoms with E-state index in [1.165, 1.54) is 12.0 Å². The molecule has 0 aromatic heterocycles. The maximum absolute atomic E-state index is 10.6. The summed E-state index contributed by atoms with van der Waals surface area (Å²) in [7, 11) is 2.13. The standard InChI is InChI=1S/C18H28N2O2/c1-15-13-17(19(2)11-6-9-18(21)22)10-12-20(15)14-16-7-4-3-5-8-16/h3-5,7-8,15,17H,6,9-14H2,1-2H3,(H,21,22)/t15-,17+/m1/s1. The fraction of sp³-hybridized carbons (Fsp3) is 0.611. The maximum Gasteiger partial charge on any atom is 0.303 e. The Morgan fingerprint density at radius 3 is 2.73 bits per heavy atom. The number of hydrogen-bond acceptors (Lipinski definition) is 3. The monoisotopic (exact) mass is 304 g/mol. The topological polar surface area (TPSA) is 43.8 Å². The zero-order valence-electron chi connectivity index (χ0n) is 13.7. The fourth-order valence-electron chi connectivity index (χ4n) is 3.31. The average molecular weight is 304 g/mol. The van der Waals surface area contributed by atoms with Crippen LogP contribution >= 0.6 is 0 Å². The van der Waals surface area contributed by atoms with Gasteiger partial charge in [-0.1, -0.05) is 30.3 Å². The molecule has 1 aromatic rings. The summed E-state index contributed by atoms with van der Waals surface area (Å²) in [5, 5.41) is 8.73. The van der Waals surface area contributed by atoms with E-state index in [2.05, 4.69) is 54.1 Å². The van der Waals surface area contributed by atoms with E-state index in [-0.39, 0.29) is 6.42 Å². The summed E-state index contributed by atoms with van der Waals surface area (Å²) >= 11 is 0. The van der Waals surface area contributed by atoms with E-state index in [1.54, 1.807) is 0 Å². The second-order valence-corrected chi connectivity index (χ2v) is 6.46. The summed E-state index contributed by atoms with van der Waals surface area (Å²) in [6, 6.07) is 11.8. The molecule has 1 aliphatic heterocycles. The van der Waals surface area contributed by atoms with Gasteiger partial charge < -0.3 is 10.0 Å². The van der Waals surface area contributed by atoms with Crippen LogP contribution in [0.1, 0.15) is 38.2 Å². The summed E-state index contributed by atoms with van der Waals surface area (Å²) in [6.07, 6.45) is 3.34. The molecule has 2 atom stereocenters. The number of benzene rings is 1. The SMILES string of the molecule is C[C@@H]1C[C@@H](N(C)CCCC(=O)O)CCN1Cc1ccccc1. The molecule has 1 N–H and O–H groups in total. The zero-order chi connectivity index (χ0) is 15.9. The highest BCUT2D eigenvalue weighted by Crippen LogP contribution is 2.23. The summed E-state index contributed by atoms with van der Waals surface area (Å²) in [6.45, 7) is 5.32. The van der Waals surface area contributed by atoms with Crippen LogP contribution in [0.5, 0.6) is 0 Å². The summed E-state index contributed by atoms with van der Waals surface area (Å²) in [5.41, 5.74) is 1.38. The van der Waals surface area contributed by atoms with Gasteiger partial charge in [-0.15, -0.1) is 0 Å². The van der Waals surface area contributed by atoms with Crippen molar-refractivity contribution >= 4 is 5.97 Å². The molecule has 0 saturated carbocycles. The molecule has 0 amide bonds. The molecule has 0 unspecified atom stereocenters. The van der Waals surface area contributed by atoms with Crippen LogP contribution in [0.2, 0.25) is 0 Å². The van der Waals surface area contributed by atoms with Gasteiger partial charge in [-0.05, 0) is 45.3 Å². The van der Waals surface area contributed by atoms with E-state index in [0.29, 0.717) is 12.1 Å². The van der Waals surface area contributed by atoms with Crippen LogP contribution in [0.15, 0.2) is 30.3 Å². The third-order valence-electron chi connectivity index (χ3n) is 4.74. The van der Waals surface area contributed by atoms with E-state index in [1.807, 2.05) is 0 Å². The highest BCUT2D eigenvalue weighted by molar-refractivity contribution is 5.66. The Balaban J connectivity index is 1.78. The van der Waals surface area contributed by atoms with E-state index < -0.39 is 5.97 Å². The van der Waals surface area contributed by atoms with Crippen molar-refractivity contribution in [2.75, 3.05) is 20.1 Å². The first-order valence-electron chi connectivity index (χ1n) is 8.26. The molecule has 2 rings (SSSR count). The number of rotatable bonds is 7. The summed E-state index contributed by atoms with van der Waals surface area (Å²) < 4.78 is 0. The smallest absolute Gasteiger partial charge is 0.303 e. The first-order chi connectivity index (χ1) is 10.6. The largest absolute Gasteiger partial charge is 0.481 e. The molecule has 1 saturated heterocycles. The molecular formula is C18H28N2O2. The van der Waals surface area contributed by atoms with Gasteiger partial charge in [-0.25, -0.2) is 0 Å². The maximum atomic E-state index is 10.6. The summed E-state index contributed by atoms with van der Waals surface area (Å²) in [5.74, 6) is -0.695. The average Bonchev–Trinajstić information content (AvgIpc) is 2.50. The molecule has 1 heterocycles. The van der Waals surface area contributed by atoms with Crippen molar-refractivity contribution in [1.82, 2.24) is 9.80 Å². The van der Waals surface area contributed by atoms with E-state index in [0.717, 1.165) is 32.5 Å². The van der Waals surface area contributed by atoms with Crippen LogP contribution in [-0.2, 0) is 11.3 Å². The zero-order valence-corrected chi connectivity index (χ0v) is 13.7. The number of carboxylic acid groups (broad SMARTS) is 1. The molecule has 4 heteroatoms. The first-order valence-corrected chi connectivity index (χ1v) is 8.26. The van der Waals surface area contributed by atoms with Gasteiger partial charge in [-0.3, -0.25) is 9.69 Å². The lowest BCUT2D eigenvalue weighted by Gasteiger charge is -2.41. The highest BCUT2D eigenvalue weighted by Gasteiger charge is 2.27. The minimum absolute atomic E-state index is 0.271. The van der Waals surface area contributed by atoms with Crippen molar-refractivity contribution < 1.29 is 9.90 Å². The second-order valence-electron chi connectivity index (χ2n) is 6.46. The third-order valence-corrected chi connectivity index (χ3v) is 4.74. The molecule has 22 heavy (non-hydrogen) atoms. The van der Waals surface area contributed by atoms with Crippen molar-refractivity contribution in [3.63, 3.8) is 0 Å². The number of hydrogen-bond donors (Lipinski definition) is 1. The van der Waals surface area contributed by atoms with Crippen LogP contribution in [0, 0.1) is 0 Å². The predicted octanol–water partition coefficient (Wildman–Crippen LogP) is 2.84. The lowest BCUT2D eigenvalue weighted by Crippen LogP contribution is -2.47. The van der Waals surface area contributed by atoms with Gasteiger partial charge in [0.1, 0.15) is 0 Å². The number of carboxylic acids is 1. The van der Waals surface area contributed by atoms with Crippen LogP contribution in [0.4, 0.5) is 0 Å². The second kappa shape index (κ2) is 8.30. The van der Waals surface area contributed by atoms with Crippen LogP contribution < -0.4 is 0 Å². The lowest BCUT2D eigenvalue weighted by atomic mass is 9.96. The molecular weight excluding hydrogens is 276 g/mol. The van der Waals surface area contributed by atoms with Crippen LogP contribution in [0.25, 0.3) is 0 Å². The van der Waals surface area contributed by atoms with Gasteiger partial charge in [0.15, 0.2) is 0 Å².